The average Bonchev–Trinajstić information content (AvgIpc) is 3.22. The molecule has 32 heavy (non-hydrogen) atoms. The minimum Gasteiger partial charge on any atom is -0.307 e. The van der Waals surface area contributed by atoms with Crippen molar-refractivity contribution < 1.29 is 22.8 Å². The SMILES string of the molecule is O=C1[C@H]2[C@H](c3cccc(Br)c3)c3sc(=O)[nH]c3S[C@H]2C(=O)N1c1ccccc1C(F)(F)F. The Hall–Kier alpha value is -2.37. The van der Waals surface area contributed by atoms with Gasteiger partial charge in [-0.3, -0.25) is 14.4 Å². The van der Waals surface area contributed by atoms with Crippen LogP contribution in [-0.4, -0.2) is 22.0 Å². The molecule has 0 aliphatic carbocycles. The van der Waals surface area contributed by atoms with Gasteiger partial charge in [-0.05, 0) is 29.8 Å². The van der Waals surface area contributed by atoms with Crippen LogP contribution in [0.25, 0.3) is 0 Å². The van der Waals surface area contributed by atoms with Crippen molar-refractivity contribution in [3.05, 3.63) is 78.7 Å². The number of imide groups is 1. The molecule has 1 fully saturated rings. The van der Waals surface area contributed by atoms with E-state index in [1.165, 1.54) is 12.1 Å². The second-order valence-electron chi connectivity index (χ2n) is 7.33. The van der Waals surface area contributed by atoms with Crippen LogP contribution >= 0.6 is 39.0 Å². The number of aromatic nitrogens is 1. The first kappa shape index (κ1) is 21.5. The van der Waals surface area contributed by atoms with Gasteiger partial charge in [-0.15, -0.1) is 0 Å². The highest BCUT2D eigenvalue weighted by Crippen LogP contribution is 2.54. The molecule has 0 radical (unpaired) electrons. The zero-order valence-corrected chi connectivity index (χ0v) is 19.1. The molecule has 2 amide bonds. The Labute approximate surface area is 195 Å². The number of thiazole rings is 1. The number of benzene rings is 2. The van der Waals surface area contributed by atoms with Crippen LogP contribution in [0, 0.1) is 5.92 Å². The molecular formula is C21H12BrF3N2O3S2. The van der Waals surface area contributed by atoms with Gasteiger partial charge in [0.1, 0.15) is 5.25 Å². The number of thioether (sulfide) groups is 1. The van der Waals surface area contributed by atoms with Crippen LogP contribution in [-0.2, 0) is 15.8 Å². The zero-order chi connectivity index (χ0) is 22.8. The quantitative estimate of drug-likeness (QED) is 0.463. The van der Waals surface area contributed by atoms with Crippen molar-refractivity contribution in [2.75, 3.05) is 4.90 Å². The number of hydrogen-bond donors (Lipinski definition) is 1. The highest BCUT2D eigenvalue weighted by Gasteiger charge is 2.57. The highest BCUT2D eigenvalue weighted by atomic mass is 79.9. The third kappa shape index (κ3) is 3.34. The third-order valence-electron chi connectivity index (χ3n) is 5.48. The number of nitrogens with one attached hydrogen (secondary N) is 1. The molecule has 164 valence electrons. The van der Waals surface area contributed by atoms with Crippen molar-refractivity contribution in [1.29, 1.82) is 0 Å². The fourth-order valence-electron chi connectivity index (χ4n) is 4.22. The summed E-state index contributed by atoms with van der Waals surface area (Å²) < 4.78 is 41.6. The van der Waals surface area contributed by atoms with Gasteiger partial charge >= 0.3 is 11.0 Å². The first-order valence-electron chi connectivity index (χ1n) is 9.36. The highest BCUT2D eigenvalue weighted by molar-refractivity contribution is 9.10. The largest absolute Gasteiger partial charge is 0.418 e. The molecule has 3 aromatic rings. The predicted octanol–water partition coefficient (Wildman–Crippen LogP) is 5.01. The van der Waals surface area contributed by atoms with Gasteiger partial charge in [-0.25, -0.2) is 4.90 Å². The molecule has 2 aromatic carbocycles. The van der Waals surface area contributed by atoms with Crippen molar-refractivity contribution in [1.82, 2.24) is 4.98 Å². The smallest absolute Gasteiger partial charge is 0.307 e. The Balaban J connectivity index is 1.67. The van der Waals surface area contributed by atoms with Gasteiger partial charge in [0, 0.05) is 15.3 Å². The van der Waals surface area contributed by atoms with Gasteiger partial charge in [0.25, 0.3) is 0 Å². The Morgan fingerprint density at radius 3 is 2.47 bits per heavy atom. The molecule has 3 heterocycles. The van der Waals surface area contributed by atoms with E-state index in [0.717, 1.165) is 39.7 Å². The lowest BCUT2D eigenvalue weighted by atomic mass is 9.83. The summed E-state index contributed by atoms with van der Waals surface area (Å²) in [5.41, 5.74) is -0.833. The summed E-state index contributed by atoms with van der Waals surface area (Å²) >= 11 is 5.37. The first-order valence-corrected chi connectivity index (χ1v) is 11.8. The summed E-state index contributed by atoms with van der Waals surface area (Å²) in [5, 5.41) is -0.483. The molecule has 0 spiro atoms. The Morgan fingerprint density at radius 2 is 1.75 bits per heavy atom. The van der Waals surface area contributed by atoms with Crippen LogP contribution in [0.5, 0.6) is 0 Å². The van der Waals surface area contributed by atoms with Crippen molar-refractivity contribution in [2.24, 2.45) is 5.92 Å². The number of anilines is 1. The number of H-pyrrole nitrogens is 1. The number of carbonyl (C=O) groups is 2. The number of halogens is 4. The number of rotatable bonds is 2. The van der Waals surface area contributed by atoms with E-state index in [9.17, 15) is 27.6 Å². The lowest BCUT2D eigenvalue weighted by Crippen LogP contribution is -2.33. The maximum absolute atomic E-state index is 13.6. The first-order chi connectivity index (χ1) is 15.2. The molecule has 2 aliphatic heterocycles. The number of amides is 2. The van der Waals surface area contributed by atoms with Gasteiger partial charge in [0.2, 0.25) is 11.8 Å². The number of carbonyl (C=O) groups excluding carboxylic acids is 2. The fraction of sp³-hybridized carbons (Fsp3) is 0.190. The van der Waals surface area contributed by atoms with E-state index in [1.54, 1.807) is 24.3 Å². The van der Waals surface area contributed by atoms with Crippen LogP contribution in [0.3, 0.4) is 0 Å². The maximum Gasteiger partial charge on any atom is 0.418 e. The molecule has 0 bridgehead atoms. The normalized spacial score (nSPS) is 22.8. The maximum atomic E-state index is 13.6. The fourth-order valence-corrected chi connectivity index (χ4v) is 7.15. The molecule has 0 saturated carbocycles. The lowest BCUT2D eigenvalue weighted by molar-refractivity contribution is -0.137. The molecule has 1 saturated heterocycles. The van der Waals surface area contributed by atoms with Crippen LogP contribution in [0.1, 0.15) is 21.9 Å². The monoisotopic (exact) mass is 540 g/mol. The van der Waals surface area contributed by atoms with E-state index in [-0.39, 0.29) is 4.87 Å². The van der Waals surface area contributed by atoms with Gasteiger partial charge < -0.3 is 4.98 Å². The molecule has 5 rings (SSSR count). The van der Waals surface area contributed by atoms with Gasteiger partial charge in [-0.1, -0.05) is 63.3 Å². The van der Waals surface area contributed by atoms with Crippen molar-refractivity contribution >= 4 is 56.5 Å². The van der Waals surface area contributed by atoms with E-state index >= 15 is 0 Å². The molecule has 2 aliphatic rings. The summed E-state index contributed by atoms with van der Waals surface area (Å²) in [6, 6.07) is 11.7. The van der Waals surface area contributed by atoms with Crippen LogP contribution in [0.4, 0.5) is 18.9 Å². The second kappa shape index (κ2) is 7.60. The Bertz CT molecular complexity index is 1320. The van der Waals surface area contributed by atoms with Crippen LogP contribution in [0.2, 0.25) is 0 Å². The van der Waals surface area contributed by atoms with Crippen molar-refractivity contribution in [3.8, 4) is 0 Å². The Morgan fingerprint density at radius 1 is 1.00 bits per heavy atom. The summed E-state index contributed by atoms with van der Waals surface area (Å²) in [6.07, 6.45) is -4.73. The van der Waals surface area contributed by atoms with Gasteiger partial charge in [0.15, 0.2) is 0 Å². The molecule has 1 aromatic heterocycles. The number of aromatic amines is 1. The molecule has 3 atom stereocenters. The summed E-state index contributed by atoms with van der Waals surface area (Å²) in [4.78, 5) is 42.6. The average molecular weight is 541 g/mol. The van der Waals surface area contributed by atoms with Gasteiger partial charge in [0.05, 0.1) is 22.2 Å². The second-order valence-corrected chi connectivity index (χ2v) is 10.4. The molecule has 1 N–H and O–H groups in total. The van der Waals surface area contributed by atoms with Crippen molar-refractivity contribution in [2.45, 2.75) is 22.4 Å². The van der Waals surface area contributed by atoms with E-state index in [1.807, 2.05) is 0 Å². The number of hydrogen-bond acceptors (Lipinski definition) is 5. The number of alkyl halides is 3. The summed E-state index contributed by atoms with van der Waals surface area (Å²) in [7, 11) is 0. The molecular weight excluding hydrogens is 529 g/mol. The number of nitrogens with zero attached hydrogens (tertiary/aromatic N) is 1. The number of fused-ring (bicyclic) bond motifs is 2. The van der Waals surface area contributed by atoms with Gasteiger partial charge in [-0.2, -0.15) is 13.2 Å². The number of para-hydroxylation sites is 1. The van der Waals surface area contributed by atoms with E-state index in [0.29, 0.717) is 20.4 Å². The molecule has 5 nitrogen and oxygen atoms in total. The topological polar surface area (TPSA) is 70.2 Å². The zero-order valence-electron chi connectivity index (χ0n) is 15.9. The summed E-state index contributed by atoms with van der Waals surface area (Å²) in [6.45, 7) is 0. The van der Waals surface area contributed by atoms with E-state index < -0.39 is 46.3 Å². The minimum atomic E-state index is -4.73. The van der Waals surface area contributed by atoms with Crippen LogP contribution < -0.4 is 9.77 Å². The summed E-state index contributed by atoms with van der Waals surface area (Å²) in [5.74, 6) is -3.01. The Kier molecular flexibility index (Phi) is 5.10. The molecule has 11 heteroatoms. The predicted molar refractivity (Wildman–Crippen MR) is 118 cm³/mol. The third-order valence-corrected chi connectivity index (χ3v) is 8.38. The van der Waals surface area contributed by atoms with E-state index in [4.69, 9.17) is 0 Å². The lowest BCUT2D eigenvalue weighted by Gasteiger charge is -2.29. The van der Waals surface area contributed by atoms with Crippen LogP contribution in [0.15, 0.2) is 62.8 Å². The standard InChI is InChI=1S/C21H12BrF3N2O3S2/c22-10-5-3-4-9(8-10)13-14-16(31-17-15(13)32-20(30)26-17)19(29)27(18(14)28)12-7-2-1-6-11(12)21(23,24)25/h1-8,13-14,16H,(H,26,30)/t13-,14-,16+/m0/s1. The van der Waals surface area contributed by atoms with E-state index in [2.05, 4.69) is 20.9 Å². The molecule has 0 unspecified atom stereocenters. The minimum absolute atomic E-state index is 0.318. The van der Waals surface area contributed by atoms with Crippen molar-refractivity contribution in [3.63, 3.8) is 0 Å².